The van der Waals surface area contributed by atoms with E-state index in [2.05, 4.69) is 11.9 Å². The largest absolute Gasteiger partial charge is 0.597 e. The minimum Gasteiger partial charge on any atom is -0.361 e. The second-order valence-corrected chi connectivity index (χ2v) is 6.97. The minimum absolute atomic E-state index is 0.492. The van der Waals surface area contributed by atoms with Gasteiger partial charge in [-0.25, -0.2) is 0 Å². The van der Waals surface area contributed by atoms with Crippen molar-refractivity contribution in [3.8, 4) is 0 Å². The molecule has 0 aliphatic heterocycles. The average Bonchev–Trinajstić information content (AvgIpc) is 2.77. The van der Waals surface area contributed by atoms with E-state index in [-0.39, 0.29) is 0 Å². The van der Waals surface area contributed by atoms with E-state index in [4.69, 9.17) is 13.3 Å². The molecule has 1 aliphatic carbocycles. The van der Waals surface area contributed by atoms with Gasteiger partial charge in [-0.05, 0) is 39.5 Å². The van der Waals surface area contributed by atoms with Crippen LogP contribution in [0.15, 0.2) is 0 Å². The van der Waals surface area contributed by atoms with Crippen molar-refractivity contribution in [2.45, 2.75) is 59.4 Å². The van der Waals surface area contributed by atoms with Crippen molar-refractivity contribution in [2.24, 2.45) is 5.92 Å². The third-order valence-electron chi connectivity index (χ3n) is 3.55. The Morgan fingerprint density at radius 1 is 0.944 bits per heavy atom. The molecule has 0 aromatic rings. The van der Waals surface area contributed by atoms with Gasteiger partial charge in [0.05, 0.1) is 0 Å². The summed E-state index contributed by atoms with van der Waals surface area (Å²) in [5, 5.41) is 0. The predicted molar refractivity (Wildman–Crippen MR) is 75.2 cm³/mol. The van der Waals surface area contributed by atoms with Crippen molar-refractivity contribution in [1.29, 1.82) is 0 Å². The van der Waals surface area contributed by atoms with Crippen LogP contribution in [0.25, 0.3) is 0 Å². The lowest BCUT2D eigenvalue weighted by atomic mass is 10.0. The van der Waals surface area contributed by atoms with Gasteiger partial charge in [0.2, 0.25) is 0 Å². The van der Waals surface area contributed by atoms with Crippen molar-refractivity contribution < 1.29 is 13.3 Å². The zero-order chi connectivity index (χ0) is 13.4. The zero-order valence-electron chi connectivity index (χ0n) is 12.3. The summed E-state index contributed by atoms with van der Waals surface area (Å²) in [6.45, 7) is 10.1. The summed E-state index contributed by atoms with van der Waals surface area (Å²) in [7, 11) is -2.67. The molecule has 5 heteroatoms. The minimum atomic E-state index is -2.67. The Kier molecular flexibility index (Phi) is 7.40. The Morgan fingerprint density at radius 3 is 1.94 bits per heavy atom. The summed E-state index contributed by atoms with van der Waals surface area (Å²) >= 11 is 0. The van der Waals surface area contributed by atoms with E-state index in [1.54, 1.807) is 0 Å². The van der Waals surface area contributed by atoms with Gasteiger partial charge in [-0.1, -0.05) is 19.8 Å². The van der Waals surface area contributed by atoms with Crippen LogP contribution in [-0.2, 0) is 13.3 Å². The van der Waals surface area contributed by atoms with Crippen molar-refractivity contribution in [1.82, 2.24) is 4.98 Å². The fraction of sp³-hybridized carbons (Fsp3) is 1.00. The lowest BCUT2D eigenvalue weighted by molar-refractivity contribution is 0.0540. The van der Waals surface area contributed by atoms with Gasteiger partial charge in [0, 0.05) is 25.9 Å². The van der Waals surface area contributed by atoms with Gasteiger partial charge >= 0.3 is 8.97 Å². The number of rotatable bonds is 9. The highest BCUT2D eigenvalue weighted by molar-refractivity contribution is 6.58. The van der Waals surface area contributed by atoms with Crippen LogP contribution in [0.4, 0.5) is 0 Å². The van der Waals surface area contributed by atoms with Crippen molar-refractivity contribution in [3.63, 3.8) is 0 Å². The van der Waals surface area contributed by atoms with E-state index in [1.165, 1.54) is 25.7 Å². The van der Waals surface area contributed by atoms with E-state index in [0.29, 0.717) is 25.9 Å². The van der Waals surface area contributed by atoms with Crippen LogP contribution in [0.3, 0.4) is 0 Å². The van der Waals surface area contributed by atoms with Crippen LogP contribution in [0.2, 0.25) is 0 Å². The summed E-state index contributed by atoms with van der Waals surface area (Å²) < 4.78 is 17.5. The molecule has 1 aliphatic rings. The summed E-state index contributed by atoms with van der Waals surface area (Å²) in [6.07, 6.45) is 5.03. The number of nitrogens with one attached hydrogen (secondary N) is 1. The lowest BCUT2D eigenvalue weighted by Crippen LogP contribution is -2.62. The third-order valence-corrected chi connectivity index (χ3v) is 6.28. The Hall–Kier alpha value is 0.0569. The molecule has 0 aromatic heterocycles. The maximum Gasteiger partial charge on any atom is 0.597 e. The Morgan fingerprint density at radius 2 is 1.50 bits per heavy atom. The molecule has 0 amide bonds. The predicted octanol–water partition coefficient (Wildman–Crippen LogP) is 2.70. The summed E-state index contributed by atoms with van der Waals surface area (Å²) in [5.74, 6) is 0.734. The molecule has 108 valence electrons. The third kappa shape index (κ3) is 4.31. The van der Waals surface area contributed by atoms with Crippen LogP contribution in [-0.4, -0.2) is 34.8 Å². The average molecular weight is 275 g/mol. The van der Waals surface area contributed by atoms with Gasteiger partial charge in [0.1, 0.15) is 0 Å². The molecule has 2 unspecified atom stereocenters. The van der Waals surface area contributed by atoms with Crippen molar-refractivity contribution >= 4 is 8.97 Å². The highest BCUT2D eigenvalue weighted by atomic mass is 28.4. The van der Waals surface area contributed by atoms with Crippen LogP contribution >= 0.6 is 0 Å². The monoisotopic (exact) mass is 275 g/mol. The molecule has 0 saturated heterocycles. The summed E-state index contributed by atoms with van der Waals surface area (Å²) in [4.78, 5) is 3.61. The van der Waals surface area contributed by atoms with Crippen LogP contribution in [0.1, 0.15) is 53.4 Å². The van der Waals surface area contributed by atoms with Gasteiger partial charge in [0.15, 0.2) is 0 Å². The molecule has 0 heterocycles. The number of hydrogen-bond acceptors (Lipinski definition) is 4. The van der Waals surface area contributed by atoms with Gasteiger partial charge in [-0.15, -0.1) is 0 Å². The van der Waals surface area contributed by atoms with Gasteiger partial charge in [0.25, 0.3) is 0 Å². The first-order valence-corrected chi connectivity index (χ1v) is 9.13. The van der Waals surface area contributed by atoms with E-state index in [0.717, 1.165) is 5.92 Å². The Labute approximate surface area is 113 Å². The Bertz CT molecular complexity index is 211. The van der Waals surface area contributed by atoms with Crippen molar-refractivity contribution in [2.75, 3.05) is 19.8 Å². The molecule has 0 spiro atoms. The Balaban J connectivity index is 2.68. The van der Waals surface area contributed by atoms with E-state index in [9.17, 15) is 0 Å². The molecule has 4 nitrogen and oxygen atoms in total. The molecule has 1 saturated carbocycles. The molecule has 1 fully saturated rings. The topological polar surface area (TPSA) is 39.7 Å². The molecular weight excluding hydrogens is 246 g/mol. The summed E-state index contributed by atoms with van der Waals surface area (Å²) in [6, 6.07) is 0.492. The maximum atomic E-state index is 5.85. The first kappa shape index (κ1) is 16.1. The molecule has 1 N–H and O–H groups in total. The molecule has 0 radical (unpaired) electrons. The van der Waals surface area contributed by atoms with E-state index >= 15 is 0 Å². The highest BCUT2D eigenvalue weighted by Gasteiger charge is 2.45. The van der Waals surface area contributed by atoms with E-state index < -0.39 is 8.97 Å². The first-order chi connectivity index (χ1) is 8.71. The fourth-order valence-corrected chi connectivity index (χ4v) is 5.24. The second kappa shape index (κ2) is 8.27. The molecule has 0 bridgehead atoms. The second-order valence-electron chi connectivity index (χ2n) is 4.71. The number of hydrogen-bond donors (Lipinski definition) is 1. The molecular formula is C13H29NO3Si. The van der Waals surface area contributed by atoms with E-state index in [1.807, 2.05) is 20.8 Å². The SMILES string of the molecule is CCO[Si](NC1CCCC1CC)(OCC)OCC. The van der Waals surface area contributed by atoms with Gasteiger partial charge in [-0.2, -0.15) is 0 Å². The quantitative estimate of drug-likeness (QED) is 0.657. The fourth-order valence-electron chi connectivity index (χ4n) is 2.76. The lowest BCUT2D eigenvalue weighted by Gasteiger charge is -2.33. The molecule has 18 heavy (non-hydrogen) atoms. The molecule has 0 aromatic carbocycles. The summed E-state index contributed by atoms with van der Waals surface area (Å²) in [5.41, 5.74) is 0. The first-order valence-electron chi connectivity index (χ1n) is 7.40. The normalized spacial score (nSPS) is 24.7. The molecule has 2 atom stereocenters. The zero-order valence-corrected chi connectivity index (χ0v) is 13.3. The smallest absolute Gasteiger partial charge is 0.361 e. The van der Waals surface area contributed by atoms with Gasteiger partial charge < -0.3 is 13.3 Å². The van der Waals surface area contributed by atoms with Crippen LogP contribution in [0.5, 0.6) is 0 Å². The maximum absolute atomic E-state index is 5.85. The van der Waals surface area contributed by atoms with Crippen molar-refractivity contribution in [3.05, 3.63) is 0 Å². The molecule has 1 rings (SSSR count). The van der Waals surface area contributed by atoms with Gasteiger partial charge in [-0.3, -0.25) is 4.98 Å². The standard InChI is InChI=1S/C13H29NO3Si/c1-5-12-10-9-11-13(12)14-18(15-6-2,16-7-3)17-8-4/h12-14H,5-11H2,1-4H3. The van der Waals surface area contributed by atoms with Crippen LogP contribution in [0, 0.1) is 5.92 Å². The van der Waals surface area contributed by atoms with Crippen LogP contribution < -0.4 is 4.98 Å². The highest BCUT2D eigenvalue weighted by Crippen LogP contribution is 2.29.